The average molecular weight is 259 g/mol. The highest BCUT2D eigenvalue weighted by molar-refractivity contribution is 5.91. The Labute approximate surface area is 112 Å². The van der Waals surface area contributed by atoms with Crippen LogP contribution in [0.5, 0.6) is 5.75 Å². The van der Waals surface area contributed by atoms with Crippen molar-refractivity contribution in [2.24, 2.45) is 0 Å². The predicted molar refractivity (Wildman–Crippen MR) is 73.8 cm³/mol. The number of aromatic amines is 1. The van der Waals surface area contributed by atoms with Crippen LogP contribution in [0.2, 0.25) is 0 Å². The lowest BCUT2D eigenvalue weighted by Crippen LogP contribution is -1.95. The maximum Gasteiger partial charge on any atom is 0.337 e. The number of H-pyrrole nitrogens is 1. The summed E-state index contributed by atoms with van der Waals surface area (Å²) < 4.78 is 5.49. The van der Waals surface area contributed by atoms with Gasteiger partial charge < -0.3 is 14.8 Å². The van der Waals surface area contributed by atoms with Gasteiger partial charge in [-0.1, -0.05) is 0 Å². The van der Waals surface area contributed by atoms with Gasteiger partial charge in [0.25, 0.3) is 0 Å². The van der Waals surface area contributed by atoms with Crippen molar-refractivity contribution in [2.75, 3.05) is 6.61 Å². The van der Waals surface area contributed by atoms with Gasteiger partial charge in [0, 0.05) is 11.4 Å². The monoisotopic (exact) mass is 259 g/mol. The van der Waals surface area contributed by atoms with E-state index in [2.05, 4.69) is 4.98 Å². The lowest BCUT2D eigenvalue weighted by molar-refractivity contribution is 0.0696. The fourth-order valence-corrected chi connectivity index (χ4v) is 2.07. The van der Waals surface area contributed by atoms with E-state index in [9.17, 15) is 4.79 Å². The van der Waals surface area contributed by atoms with Gasteiger partial charge in [-0.2, -0.15) is 0 Å². The molecule has 1 heterocycles. The van der Waals surface area contributed by atoms with E-state index in [1.54, 1.807) is 13.0 Å². The number of carbonyl (C=O) groups is 1. The molecule has 0 aliphatic heterocycles. The molecule has 2 N–H and O–H groups in total. The standard InChI is InChI=1S/C15H17NO3/c1-4-19-14-6-5-11(7-9(14)2)13-8-12(15(17)18)10(3)16-13/h5-8,16H,4H2,1-3H3,(H,17,18). The second-order valence-corrected chi connectivity index (χ2v) is 4.44. The Morgan fingerprint density at radius 3 is 2.58 bits per heavy atom. The van der Waals surface area contributed by atoms with Crippen molar-refractivity contribution >= 4 is 5.97 Å². The molecule has 1 aromatic carbocycles. The minimum absolute atomic E-state index is 0.307. The van der Waals surface area contributed by atoms with E-state index in [1.165, 1.54) is 0 Å². The van der Waals surface area contributed by atoms with Crippen molar-refractivity contribution in [3.63, 3.8) is 0 Å². The summed E-state index contributed by atoms with van der Waals surface area (Å²) in [7, 11) is 0. The summed E-state index contributed by atoms with van der Waals surface area (Å²) in [5.74, 6) is -0.0596. The van der Waals surface area contributed by atoms with E-state index >= 15 is 0 Å². The first-order chi connectivity index (χ1) is 9.02. The molecule has 0 fully saturated rings. The predicted octanol–water partition coefficient (Wildman–Crippen LogP) is 3.40. The fourth-order valence-electron chi connectivity index (χ4n) is 2.07. The third-order valence-corrected chi connectivity index (χ3v) is 3.03. The molecule has 0 radical (unpaired) electrons. The summed E-state index contributed by atoms with van der Waals surface area (Å²) in [6, 6.07) is 7.48. The molecule has 0 spiro atoms. The van der Waals surface area contributed by atoms with Crippen molar-refractivity contribution in [3.8, 4) is 17.0 Å². The molecular formula is C15H17NO3. The number of aromatic carboxylic acids is 1. The number of hydrogen-bond acceptors (Lipinski definition) is 2. The van der Waals surface area contributed by atoms with Crippen LogP contribution in [0, 0.1) is 13.8 Å². The van der Waals surface area contributed by atoms with E-state index in [1.807, 2.05) is 32.0 Å². The highest BCUT2D eigenvalue weighted by Crippen LogP contribution is 2.27. The summed E-state index contributed by atoms with van der Waals surface area (Å²) in [6.07, 6.45) is 0. The van der Waals surface area contributed by atoms with Crippen molar-refractivity contribution in [1.29, 1.82) is 0 Å². The van der Waals surface area contributed by atoms with Crippen molar-refractivity contribution in [3.05, 3.63) is 41.1 Å². The van der Waals surface area contributed by atoms with Crippen LogP contribution in [-0.4, -0.2) is 22.7 Å². The van der Waals surface area contributed by atoms with E-state index in [-0.39, 0.29) is 0 Å². The number of aryl methyl sites for hydroxylation is 2. The zero-order chi connectivity index (χ0) is 14.0. The van der Waals surface area contributed by atoms with Gasteiger partial charge in [-0.25, -0.2) is 4.79 Å². The lowest BCUT2D eigenvalue weighted by Gasteiger charge is -2.08. The summed E-state index contributed by atoms with van der Waals surface area (Å²) in [5, 5.41) is 9.05. The summed E-state index contributed by atoms with van der Waals surface area (Å²) >= 11 is 0. The number of ether oxygens (including phenoxy) is 1. The van der Waals surface area contributed by atoms with Gasteiger partial charge in [0.2, 0.25) is 0 Å². The summed E-state index contributed by atoms with van der Waals surface area (Å²) in [4.78, 5) is 14.1. The first kappa shape index (κ1) is 13.2. The maximum absolute atomic E-state index is 11.0. The van der Waals surface area contributed by atoms with Gasteiger partial charge in [0.05, 0.1) is 12.2 Å². The highest BCUT2D eigenvalue weighted by atomic mass is 16.5. The summed E-state index contributed by atoms with van der Waals surface area (Å²) in [5.41, 5.74) is 3.76. The van der Waals surface area contributed by atoms with E-state index < -0.39 is 5.97 Å². The molecule has 1 aromatic heterocycles. The summed E-state index contributed by atoms with van der Waals surface area (Å²) in [6.45, 7) is 6.31. The first-order valence-corrected chi connectivity index (χ1v) is 6.19. The van der Waals surface area contributed by atoms with Gasteiger partial charge in [-0.15, -0.1) is 0 Å². The molecule has 19 heavy (non-hydrogen) atoms. The largest absolute Gasteiger partial charge is 0.494 e. The molecule has 4 nitrogen and oxygen atoms in total. The minimum atomic E-state index is -0.914. The Balaban J connectivity index is 2.39. The Kier molecular flexibility index (Phi) is 3.60. The molecule has 0 aliphatic rings. The molecule has 0 saturated heterocycles. The van der Waals surface area contributed by atoms with Crippen LogP contribution < -0.4 is 4.74 Å². The molecule has 2 aromatic rings. The Bertz CT molecular complexity index is 614. The molecule has 0 atom stereocenters. The van der Waals surface area contributed by atoms with Crippen LogP contribution in [0.4, 0.5) is 0 Å². The number of nitrogens with one attached hydrogen (secondary N) is 1. The molecule has 0 amide bonds. The molecule has 0 unspecified atom stereocenters. The van der Waals surface area contributed by atoms with Gasteiger partial charge in [0.15, 0.2) is 0 Å². The molecule has 0 bridgehead atoms. The second kappa shape index (κ2) is 5.18. The SMILES string of the molecule is CCOc1ccc(-c2cc(C(=O)O)c(C)[nH]2)cc1C. The van der Waals surface area contributed by atoms with Gasteiger partial charge in [-0.3, -0.25) is 0 Å². The van der Waals surface area contributed by atoms with Crippen LogP contribution in [0.1, 0.15) is 28.5 Å². The second-order valence-electron chi connectivity index (χ2n) is 4.44. The Morgan fingerprint density at radius 2 is 2.05 bits per heavy atom. The third kappa shape index (κ3) is 2.62. The molecule has 0 aliphatic carbocycles. The number of aromatic nitrogens is 1. The molecule has 0 saturated carbocycles. The van der Waals surface area contributed by atoms with Crippen LogP contribution in [-0.2, 0) is 0 Å². The number of carboxylic acids is 1. The fraction of sp³-hybridized carbons (Fsp3) is 0.267. The van der Waals surface area contributed by atoms with Gasteiger partial charge >= 0.3 is 5.97 Å². The van der Waals surface area contributed by atoms with Crippen molar-refractivity contribution in [1.82, 2.24) is 4.98 Å². The lowest BCUT2D eigenvalue weighted by atomic mass is 10.1. The number of rotatable bonds is 4. The van der Waals surface area contributed by atoms with Gasteiger partial charge in [0.1, 0.15) is 5.75 Å². The number of hydrogen-bond donors (Lipinski definition) is 2. The minimum Gasteiger partial charge on any atom is -0.494 e. The highest BCUT2D eigenvalue weighted by Gasteiger charge is 2.12. The third-order valence-electron chi connectivity index (χ3n) is 3.03. The first-order valence-electron chi connectivity index (χ1n) is 6.19. The molecule has 100 valence electrons. The zero-order valence-electron chi connectivity index (χ0n) is 11.3. The van der Waals surface area contributed by atoms with E-state index in [4.69, 9.17) is 9.84 Å². The van der Waals surface area contributed by atoms with Crippen LogP contribution in [0.25, 0.3) is 11.3 Å². The Hall–Kier alpha value is -2.23. The maximum atomic E-state index is 11.0. The topological polar surface area (TPSA) is 62.3 Å². The van der Waals surface area contributed by atoms with Gasteiger partial charge in [-0.05, 0) is 56.2 Å². The normalized spacial score (nSPS) is 10.5. The molecule has 4 heteroatoms. The van der Waals surface area contributed by atoms with E-state index in [0.29, 0.717) is 17.9 Å². The molecular weight excluding hydrogens is 242 g/mol. The zero-order valence-corrected chi connectivity index (χ0v) is 11.3. The van der Waals surface area contributed by atoms with Crippen molar-refractivity contribution in [2.45, 2.75) is 20.8 Å². The van der Waals surface area contributed by atoms with Crippen LogP contribution in [0.3, 0.4) is 0 Å². The number of benzene rings is 1. The smallest absolute Gasteiger partial charge is 0.337 e. The quantitative estimate of drug-likeness (QED) is 0.884. The van der Waals surface area contributed by atoms with Crippen LogP contribution in [0.15, 0.2) is 24.3 Å². The van der Waals surface area contributed by atoms with E-state index in [0.717, 1.165) is 22.6 Å². The van der Waals surface area contributed by atoms with Crippen molar-refractivity contribution < 1.29 is 14.6 Å². The molecule has 2 rings (SSSR count). The Morgan fingerprint density at radius 1 is 1.32 bits per heavy atom. The number of carboxylic acid groups (broad SMARTS) is 1. The van der Waals surface area contributed by atoms with Crippen LogP contribution >= 0.6 is 0 Å². The average Bonchev–Trinajstić information content (AvgIpc) is 2.74.